The summed E-state index contributed by atoms with van der Waals surface area (Å²) in [6.45, 7) is 10.4. The minimum absolute atomic E-state index is 0.278. The summed E-state index contributed by atoms with van der Waals surface area (Å²) < 4.78 is 17.1. The van der Waals surface area contributed by atoms with Crippen molar-refractivity contribution < 1.29 is 13.9 Å². The van der Waals surface area contributed by atoms with Crippen LogP contribution in [0.2, 0.25) is 0 Å². The maximum atomic E-state index is 12.1. The topological polar surface area (TPSA) is 51.9 Å². The minimum atomic E-state index is -0.365. The molecule has 2 aromatic rings. The zero-order valence-corrected chi connectivity index (χ0v) is 15.8. The van der Waals surface area contributed by atoms with E-state index in [1.807, 2.05) is 6.07 Å². The van der Waals surface area contributed by atoms with Gasteiger partial charge in [0.05, 0.1) is 13.2 Å². The summed E-state index contributed by atoms with van der Waals surface area (Å²) in [7, 11) is 0. The number of hydrogen-bond donors (Lipinski definition) is 0. The molecule has 2 aliphatic rings. The largest absolute Gasteiger partial charge is 0.423 e. The normalized spacial score (nSPS) is 20.5. The lowest BCUT2D eigenvalue weighted by atomic mass is 9.94. The summed E-state index contributed by atoms with van der Waals surface area (Å²) in [6.07, 6.45) is 1.76. The van der Waals surface area contributed by atoms with Crippen LogP contribution in [0.1, 0.15) is 49.3 Å². The number of aryl methyl sites for hydroxylation is 1. The van der Waals surface area contributed by atoms with E-state index in [4.69, 9.17) is 13.9 Å². The fraction of sp³-hybridized carbons (Fsp3) is 0.571. The van der Waals surface area contributed by atoms with Crippen LogP contribution in [0.4, 0.5) is 0 Å². The maximum absolute atomic E-state index is 12.1. The van der Waals surface area contributed by atoms with Gasteiger partial charge in [-0.15, -0.1) is 0 Å². The number of piperidine rings is 1. The van der Waals surface area contributed by atoms with Crippen molar-refractivity contribution in [3.63, 3.8) is 0 Å². The highest BCUT2D eigenvalue weighted by Gasteiger charge is 2.39. The van der Waals surface area contributed by atoms with Gasteiger partial charge in [0.2, 0.25) is 0 Å². The third-order valence-corrected chi connectivity index (χ3v) is 5.66. The van der Waals surface area contributed by atoms with Crippen LogP contribution in [-0.2, 0) is 16.0 Å². The first-order valence-corrected chi connectivity index (χ1v) is 9.53. The number of fused-ring (bicyclic) bond motifs is 1. The van der Waals surface area contributed by atoms with E-state index < -0.39 is 0 Å². The maximum Gasteiger partial charge on any atom is 0.336 e. The van der Waals surface area contributed by atoms with E-state index in [1.54, 1.807) is 6.07 Å². The molecule has 26 heavy (non-hydrogen) atoms. The molecule has 1 aromatic carbocycles. The average Bonchev–Trinajstić information content (AvgIpc) is 3.04. The van der Waals surface area contributed by atoms with Crippen molar-refractivity contribution in [3.05, 3.63) is 45.3 Å². The summed E-state index contributed by atoms with van der Waals surface area (Å²) >= 11 is 0. The fourth-order valence-electron chi connectivity index (χ4n) is 4.22. The van der Waals surface area contributed by atoms with E-state index in [0.29, 0.717) is 24.7 Å². The van der Waals surface area contributed by atoms with Crippen molar-refractivity contribution in [2.45, 2.75) is 51.9 Å². The van der Waals surface area contributed by atoms with E-state index in [0.717, 1.165) is 43.4 Å². The lowest BCUT2D eigenvalue weighted by Gasteiger charge is -2.37. The Hall–Kier alpha value is -1.69. The number of benzene rings is 1. The Balaban J connectivity index is 1.61. The highest BCUT2D eigenvalue weighted by Crippen LogP contribution is 2.33. The fourth-order valence-corrected chi connectivity index (χ4v) is 4.22. The molecule has 0 radical (unpaired) electrons. The van der Waals surface area contributed by atoms with Gasteiger partial charge in [0.15, 0.2) is 5.79 Å². The number of likely N-dealkylation sites (tertiary alicyclic amines) is 1. The molecular weight excluding hydrogens is 330 g/mol. The molecule has 2 fully saturated rings. The molecule has 4 rings (SSSR count). The molecule has 0 N–H and O–H groups in total. The third-order valence-electron chi connectivity index (χ3n) is 5.66. The van der Waals surface area contributed by atoms with Crippen LogP contribution in [0.15, 0.2) is 27.4 Å². The van der Waals surface area contributed by atoms with Crippen LogP contribution in [0.3, 0.4) is 0 Å². The first-order chi connectivity index (χ1) is 12.5. The lowest BCUT2D eigenvalue weighted by Crippen LogP contribution is -2.44. The molecule has 0 amide bonds. The molecule has 0 aliphatic carbocycles. The van der Waals surface area contributed by atoms with Crippen molar-refractivity contribution in [2.24, 2.45) is 0 Å². The van der Waals surface area contributed by atoms with Crippen LogP contribution >= 0.6 is 0 Å². The zero-order valence-electron chi connectivity index (χ0n) is 15.8. The quantitative estimate of drug-likeness (QED) is 0.786. The van der Waals surface area contributed by atoms with E-state index in [9.17, 15) is 4.79 Å². The minimum Gasteiger partial charge on any atom is -0.423 e. The number of hydrogen-bond acceptors (Lipinski definition) is 5. The zero-order chi connectivity index (χ0) is 18.3. The Morgan fingerprint density at radius 2 is 1.81 bits per heavy atom. The monoisotopic (exact) mass is 357 g/mol. The van der Waals surface area contributed by atoms with Crippen molar-refractivity contribution in [1.29, 1.82) is 0 Å². The van der Waals surface area contributed by atoms with Crippen molar-refractivity contribution >= 4 is 11.0 Å². The van der Waals surface area contributed by atoms with Crippen LogP contribution in [0, 0.1) is 6.92 Å². The van der Waals surface area contributed by atoms with Crippen molar-refractivity contribution in [1.82, 2.24) is 4.90 Å². The Bertz CT molecular complexity index is 854. The van der Waals surface area contributed by atoms with Gasteiger partial charge < -0.3 is 13.9 Å². The molecule has 3 heterocycles. The second kappa shape index (κ2) is 6.80. The predicted molar refractivity (Wildman–Crippen MR) is 100 cm³/mol. The van der Waals surface area contributed by atoms with E-state index in [1.165, 1.54) is 11.1 Å². The van der Waals surface area contributed by atoms with Gasteiger partial charge in [0, 0.05) is 43.9 Å². The first-order valence-electron chi connectivity index (χ1n) is 9.53. The Kier molecular flexibility index (Phi) is 4.63. The van der Waals surface area contributed by atoms with Gasteiger partial charge in [0.25, 0.3) is 0 Å². The van der Waals surface area contributed by atoms with E-state index in [-0.39, 0.29) is 11.4 Å². The Labute approximate surface area is 153 Å². The van der Waals surface area contributed by atoms with Gasteiger partial charge in [-0.25, -0.2) is 4.79 Å². The predicted octanol–water partition coefficient (Wildman–Crippen LogP) is 3.56. The van der Waals surface area contributed by atoms with E-state index >= 15 is 0 Å². The summed E-state index contributed by atoms with van der Waals surface area (Å²) in [5.41, 5.74) is 3.93. The molecule has 1 spiro atoms. The summed E-state index contributed by atoms with van der Waals surface area (Å²) in [5, 5.41) is 1.05. The molecule has 2 saturated heterocycles. The van der Waals surface area contributed by atoms with E-state index in [2.05, 4.69) is 31.7 Å². The molecule has 0 atom stereocenters. The van der Waals surface area contributed by atoms with Crippen LogP contribution < -0.4 is 5.63 Å². The Morgan fingerprint density at radius 3 is 2.46 bits per heavy atom. The van der Waals surface area contributed by atoms with Crippen LogP contribution in [0.25, 0.3) is 11.0 Å². The lowest BCUT2D eigenvalue weighted by molar-refractivity contribution is -0.185. The van der Waals surface area contributed by atoms with Crippen LogP contribution in [0.5, 0.6) is 0 Å². The van der Waals surface area contributed by atoms with Gasteiger partial charge >= 0.3 is 5.63 Å². The summed E-state index contributed by atoms with van der Waals surface area (Å²) in [6, 6.07) is 5.85. The average molecular weight is 357 g/mol. The summed E-state index contributed by atoms with van der Waals surface area (Å²) in [5.74, 6) is 0.0709. The molecule has 0 bridgehead atoms. The third kappa shape index (κ3) is 3.31. The van der Waals surface area contributed by atoms with Crippen molar-refractivity contribution in [2.75, 3.05) is 26.3 Å². The molecule has 0 unspecified atom stereocenters. The highest BCUT2D eigenvalue weighted by atomic mass is 16.7. The highest BCUT2D eigenvalue weighted by molar-refractivity contribution is 5.82. The van der Waals surface area contributed by atoms with Gasteiger partial charge in [-0.1, -0.05) is 13.8 Å². The number of rotatable bonds is 3. The molecule has 0 saturated carbocycles. The first kappa shape index (κ1) is 17.7. The van der Waals surface area contributed by atoms with Crippen LogP contribution in [-0.4, -0.2) is 37.0 Å². The molecule has 2 aliphatic heterocycles. The molecule has 5 nitrogen and oxygen atoms in total. The molecule has 5 heteroatoms. The smallest absolute Gasteiger partial charge is 0.336 e. The van der Waals surface area contributed by atoms with Crippen molar-refractivity contribution in [3.8, 4) is 0 Å². The Morgan fingerprint density at radius 1 is 1.12 bits per heavy atom. The van der Waals surface area contributed by atoms with Gasteiger partial charge in [0.1, 0.15) is 5.58 Å². The molecular formula is C21H27NO4. The van der Waals surface area contributed by atoms with Gasteiger partial charge in [-0.2, -0.15) is 0 Å². The second-order valence-electron chi connectivity index (χ2n) is 7.83. The molecule has 140 valence electrons. The van der Waals surface area contributed by atoms with Gasteiger partial charge in [-0.3, -0.25) is 4.90 Å². The van der Waals surface area contributed by atoms with Gasteiger partial charge in [-0.05, 0) is 41.7 Å². The number of ether oxygens (including phenoxy) is 2. The second-order valence-corrected chi connectivity index (χ2v) is 7.83. The SMILES string of the molecule is Cc1cc2oc(=O)cc(CN3CCC4(CC3)OCCO4)c2cc1C(C)C. The number of nitrogens with zero attached hydrogens (tertiary/aromatic N) is 1. The standard InChI is InChI=1S/C21H27NO4/c1-14(2)17-12-18-16(11-20(23)26-19(18)10-15(17)3)13-22-6-4-21(5-7-22)24-8-9-25-21/h10-12,14H,4-9,13H2,1-3H3. The molecule has 1 aromatic heterocycles. The summed E-state index contributed by atoms with van der Waals surface area (Å²) in [4.78, 5) is 14.4.